The first kappa shape index (κ1) is 23.2. The van der Waals surface area contributed by atoms with Gasteiger partial charge in [-0.25, -0.2) is 9.82 Å². The number of carbonyl (C=O) groups excluding carboxylic acids is 1. The van der Waals surface area contributed by atoms with Crippen molar-refractivity contribution in [3.05, 3.63) is 93.7 Å². The number of thioether (sulfide) groups is 1. The van der Waals surface area contributed by atoms with Crippen LogP contribution in [0, 0.1) is 5.82 Å². The zero-order chi connectivity index (χ0) is 23.2. The van der Waals surface area contributed by atoms with E-state index in [1.54, 1.807) is 6.07 Å². The molecule has 0 aliphatic heterocycles. The van der Waals surface area contributed by atoms with Crippen molar-refractivity contribution in [2.24, 2.45) is 5.10 Å². The second kappa shape index (κ2) is 10.7. The highest BCUT2D eigenvalue weighted by atomic mass is 79.9. The van der Waals surface area contributed by atoms with Crippen molar-refractivity contribution in [3.63, 3.8) is 0 Å². The number of para-hydroxylation sites is 1. The largest absolute Gasteiger partial charge is 0.272 e. The Morgan fingerprint density at radius 1 is 1.09 bits per heavy atom. The van der Waals surface area contributed by atoms with Crippen LogP contribution in [0.1, 0.15) is 5.56 Å². The molecule has 0 atom stereocenters. The van der Waals surface area contributed by atoms with Gasteiger partial charge in [-0.1, -0.05) is 75.7 Å². The molecule has 0 aliphatic rings. The van der Waals surface area contributed by atoms with E-state index in [0.717, 1.165) is 15.7 Å². The summed E-state index contributed by atoms with van der Waals surface area (Å²) in [5.41, 5.74) is 4.25. The van der Waals surface area contributed by atoms with Crippen molar-refractivity contribution in [1.82, 2.24) is 20.2 Å². The summed E-state index contributed by atoms with van der Waals surface area (Å²) in [5, 5.41) is 13.2. The van der Waals surface area contributed by atoms with E-state index in [0.29, 0.717) is 11.0 Å². The second-order valence-electron chi connectivity index (χ2n) is 6.70. The number of rotatable bonds is 7. The fourth-order valence-electron chi connectivity index (χ4n) is 2.92. The summed E-state index contributed by atoms with van der Waals surface area (Å²) >= 11 is 10.6. The highest BCUT2D eigenvalue weighted by Gasteiger charge is 2.17. The number of benzene rings is 3. The van der Waals surface area contributed by atoms with Gasteiger partial charge in [0.1, 0.15) is 5.82 Å². The van der Waals surface area contributed by atoms with Crippen LogP contribution in [0.15, 0.2) is 87.5 Å². The summed E-state index contributed by atoms with van der Waals surface area (Å²) in [6.45, 7) is 0. The van der Waals surface area contributed by atoms with Gasteiger partial charge in [0.15, 0.2) is 11.0 Å². The van der Waals surface area contributed by atoms with Crippen molar-refractivity contribution in [3.8, 4) is 17.1 Å². The Balaban J connectivity index is 1.50. The molecule has 0 saturated carbocycles. The summed E-state index contributed by atoms with van der Waals surface area (Å²) in [5.74, 6) is -0.208. The molecule has 0 fully saturated rings. The molecule has 10 heteroatoms. The molecule has 0 bridgehead atoms. The van der Waals surface area contributed by atoms with Crippen LogP contribution >= 0.6 is 39.3 Å². The highest BCUT2D eigenvalue weighted by Crippen LogP contribution is 2.28. The Morgan fingerprint density at radius 3 is 2.58 bits per heavy atom. The number of halogens is 3. The molecule has 0 spiro atoms. The number of carbonyl (C=O) groups is 1. The summed E-state index contributed by atoms with van der Waals surface area (Å²) in [7, 11) is 0. The van der Waals surface area contributed by atoms with Gasteiger partial charge in [0.2, 0.25) is 0 Å². The van der Waals surface area contributed by atoms with Gasteiger partial charge in [-0.2, -0.15) is 5.10 Å². The smallest absolute Gasteiger partial charge is 0.250 e. The minimum absolute atomic E-state index is 0.0354. The summed E-state index contributed by atoms with van der Waals surface area (Å²) in [4.78, 5) is 12.3. The molecular weight excluding hydrogens is 529 g/mol. The fourth-order valence-corrected chi connectivity index (χ4v) is 4.14. The molecule has 166 valence electrons. The van der Waals surface area contributed by atoms with Crippen LogP contribution < -0.4 is 5.43 Å². The van der Waals surface area contributed by atoms with Crippen LogP contribution in [-0.4, -0.2) is 32.6 Å². The Hall–Kier alpha value is -3.01. The third-order valence-corrected chi connectivity index (χ3v) is 6.25. The lowest BCUT2D eigenvalue weighted by atomic mass is 10.2. The third kappa shape index (κ3) is 5.68. The molecular formula is C23H16BrClFN5OS. The van der Waals surface area contributed by atoms with Gasteiger partial charge in [-0.05, 0) is 36.4 Å². The van der Waals surface area contributed by atoms with Crippen LogP contribution in [0.25, 0.3) is 17.1 Å². The maximum absolute atomic E-state index is 13.8. The van der Waals surface area contributed by atoms with Gasteiger partial charge in [-0.15, -0.1) is 10.2 Å². The monoisotopic (exact) mass is 543 g/mol. The Bertz CT molecular complexity index is 1280. The van der Waals surface area contributed by atoms with E-state index in [4.69, 9.17) is 11.6 Å². The first-order valence-electron chi connectivity index (χ1n) is 9.68. The molecule has 33 heavy (non-hydrogen) atoms. The van der Waals surface area contributed by atoms with E-state index < -0.39 is 5.82 Å². The zero-order valence-electron chi connectivity index (χ0n) is 17.0. The average Bonchev–Trinajstić information content (AvgIpc) is 3.24. The van der Waals surface area contributed by atoms with Crippen molar-refractivity contribution in [1.29, 1.82) is 0 Å². The predicted molar refractivity (Wildman–Crippen MR) is 132 cm³/mol. The maximum Gasteiger partial charge on any atom is 0.250 e. The quantitative estimate of drug-likeness (QED) is 0.183. The molecule has 3 aromatic carbocycles. The molecule has 1 heterocycles. The lowest BCUT2D eigenvalue weighted by Gasteiger charge is -2.10. The Kier molecular flexibility index (Phi) is 7.54. The van der Waals surface area contributed by atoms with Crippen LogP contribution in [0.4, 0.5) is 4.39 Å². The minimum atomic E-state index is -0.522. The second-order valence-corrected chi connectivity index (χ2v) is 8.97. The summed E-state index contributed by atoms with van der Waals surface area (Å²) < 4.78 is 16.7. The molecule has 4 aromatic rings. The van der Waals surface area contributed by atoms with Gasteiger partial charge in [0.05, 0.1) is 17.0 Å². The number of hydrazone groups is 1. The van der Waals surface area contributed by atoms with Gasteiger partial charge >= 0.3 is 0 Å². The summed E-state index contributed by atoms with van der Waals surface area (Å²) in [6, 6.07) is 21.7. The number of nitrogens with one attached hydrogen (secondary N) is 1. The summed E-state index contributed by atoms with van der Waals surface area (Å²) in [6.07, 6.45) is 1.18. The van der Waals surface area contributed by atoms with E-state index in [1.165, 1.54) is 30.1 Å². The maximum atomic E-state index is 13.8. The SMILES string of the molecule is O=C(CSc1nnc(-c2ccc(Br)cc2)n1-c1ccccc1)NN=Cc1c(F)cccc1Cl. The molecule has 1 amide bonds. The topological polar surface area (TPSA) is 72.2 Å². The fraction of sp³-hybridized carbons (Fsp3) is 0.0435. The molecule has 0 saturated heterocycles. The first-order valence-corrected chi connectivity index (χ1v) is 11.8. The van der Waals surface area contributed by atoms with Crippen LogP contribution in [0.3, 0.4) is 0 Å². The Morgan fingerprint density at radius 2 is 1.85 bits per heavy atom. The van der Waals surface area contributed by atoms with Crippen molar-refractivity contribution < 1.29 is 9.18 Å². The van der Waals surface area contributed by atoms with Crippen LogP contribution in [-0.2, 0) is 4.79 Å². The molecule has 6 nitrogen and oxygen atoms in total. The lowest BCUT2D eigenvalue weighted by Crippen LogP contribution is -2.20. The standard InChI is InChI=1S/C23H16BrClFN5OS/c24-16-11-9-15(10-12-16)22-29-30-23(31(22)17-5-2-1-3-6-17)33-14-21(32)28-27-13-18-19(25)7-4-8-20(18)26/h1-13H,14H2,(H,28,32). The van der Waals surface area contributed by atoms with Crippen LogP contribution in [0.2, 0.25) is 5.02 Å². The lowest BCUT2D eigenvalue weighted by molar-refractivity contribution is -0.118. The zero-order valence-corrected chi connectivity index (χ0v) is 20.1. The normalized spacial score (nSPS) is 11.1. The van der Waals surface area contributed by atoms with Gasteiger partial charge in [0, 0.05) is 21.3 Å². The van der Waals surface area contributed by atoms with E-state index >= 15 is 0 Å². The van der Waals surface area contributed by atoms with E-state index in [2.05, 4.69) is 36.7 Å². The number of hydrogen-bond donors (Lipinski definition) is 1. The van der Waals surface area contributed by atoms with Crippen molar-refractivity contribution in [2.45, 2.75) is 5.16 Å². The number of nitrogens with zero attached hydrogens (tertiary/aromatic N) is 4. The van der Waals surface area contributed by atoms with Crippen molar-refractivity contribution in [2.75, 3.05) is 5.75 Å². The minimum Gasteiger partial charge on any atom is -0.272 e. The molecule has 1 N–H and O–H groups in total. The van der Waals surface area contributed by atoms with Gasteiger partial charge in [0.25, 0.3) is 5.91 Å². The van der Waals surface area contributed by atoms with E-state index in [-0.39, 0.29) is 22.2 Å². The predicted octanol–water partition coefficient (Wildman–Crippen LogP) is 5.73. The molecule has 4 rings (SSSR count). The van der Waals surface area contributed by atoms with Gasteiger partial charge in [-0.3, -0.25) is 9.36 Å². The number of aromatic nitrogens is 3. The Labute approximate surface area is 207 Å². The van der Waals surface area contributed by atoms with E-state index in [9.17, 15) is 9.18 Å². The van der Waals surface area contributed by atoms with Crippen molar-refractivity contribution >= 4 is 51.4 Å². The first-order chi connectivity index (χ1) is 16.0. The molecule has 0 aliphatic carbocycles. The highest BCUT2D eigenvalue weighted by molar-refractivity contribution is 9.10. The third-order valence-electron chi connectivity index (χ3n) is 4.47. The molecule has 1 aromatic heterocycles. The van der Waals surface area contributed by atoms with Gasteiger partial charge < -0.3 is 0 Å². The number of amides is 1. The number of hydrogen-bond acceptors (Lipinski definition) is 5. The molecule has 0 radical (unpaired) electrons. The average molecular weight is 545 g/mol. The van der Waals surface area contributed by atoms with Crippen LogP contribution in [0.5, 0.6) is 0 Å². The molecule has 0 unspecified atom stereocenters. The van der Waals surface area contributed by atoms with E-state index in [1.807, 2.05) is 59.2 Å².